The average Bonchev–Trinajstić information content (AvgIpc) is 2.05. The third kappa shape index (κ3) is 2.57. The van der Waals surface area contributed by atoms with Crippen LogP contribution in [0.2, 0.25) is 0 Å². The van der Waals surface area contributed by atoms with Crippen molar-refractivity contribution in [2.24, 2.45) is 5.73 Å². The lowest BCUT2D eigenvalue weighted by molar-refractivity contribution is 0.414. The first kappa shape index (κ1) is 9.94. The predicted octanol–water partition coefficient (Wildman–Crippen LogP) is 0.329. The van der Waals surface area contributed by atoms with Crippen molar-refractivity contribution in [2.45, 2.75) is 6.54 Å². The van der Waals surface area contributed by atoms with Crippen LogP contribution in [-0.4, -0.2) is 12.6 Å². The van der Waals surface area contributed by atoms with Gasteiger partial charge in [0.1, 0.15) is 5.75 Å². The van der Waals surface area contributed by atoms with Crippen LogP contribution in [0.25, 0.3) is 0 Å². The SMILES string of the molecule is COc1cccc(CN)c1.O. The van der Waals surface area contributed by atoms with E-state index < -0.39 is 0 Å². The second-order valence-corrected chi connectivity index (χ2v) is 2.06. The fourth-order valence-corrected chi connectivity index (χ4v) is 0.799. The minimum absolute atomic E-state index is 0. The fraction of sp³-hybridized carbons (Fsp3) is 0.250. The largest absolute Gasteiger partial charge is 0.497 e. The Hall–Kier alpha value is -1.06. The maximum atomic E-state index is 5.42. The van der Waals surface area contributed by atoms with Gasteiger partial charge in [-0.3, -0.25) is 0 Å². The monoisotopic (exact) mass is 155 g/mol. The number of rotatable bonds is 2. The molecule has 0 fully saturated rings. The molecule has 0 amide bonds. The Bertz CT molecular complexity index is 194. The van der Waals surface area contributed by atoms with E-state index in [2.05, 4.69) is 0 Å². The van der Waals surface area contributed by atoms with Crippen molar-refractivity contribution >= 4 is 0 Å². The number of hydrogen-bond donors (Lipinski definition) is 1. The first-order valence-electron chi connectivity index (χ1n) is 3.20. The average molecular weight is 155 g/mol. The molecule has 0 heterocycles. The van der Waals surface area contributed by atoms with Gasteiger partial charge in [-0.1, -0.05) is 12.1 Å². The van der Waals surface area contributed by atoms with Crippen LogP contribution in [0, 0.1) is 0 Å². The van der Waals surface area contributed by atoms with Gasteiger partial charge in [0.15, 0.2) is 0 Å². The van der Waals surface area contributed by atoms with Crippen molar-refractivity contribution in [3.8, 4) is 5.75 Å². The highest BCUT2D eigenvalue weighted by Gasteiger charge is 1.90. The van der Waals surface area contributed by atoms with E-state index in [9.17, 15) is 0 Å². The molecule has 0 bridgehead atoms. The number of nitrogens with two attached hydrogens (primary N) is 1. The van der Waals surface area contributed by atoms with E-state index >= 15 is 0 Å². The van der Waals surface area contributed by atoms with E-state index in [-0.39, 0.29) is 5.48 Å². The molecule has 11 heavy (non-hydrogen) atoms. The Morgan fingerprint density at radius 3 is 2.73 bits per heavy atom. The zero-order valence-electron chi connectivity index (χ0n) is 6.50. The molecule has 0 aliphatic carbocycles. The van der Waals surface area contributed by atoms with Crippen molar-refractivity contribution in [2.75, 3.05) is 7.11 Å². The zero-order chi connectivity index (χ0) is 7.40. The predicted molar refractivity (Wildman–Crippen MR) is 44.5 cm³/mol. The normalized spacial score (nSPS) is 8.55. The smallest absolute Gasteiger partial charge is 0.119 e. The van der Waals surface area contributed by atoms with Gasteiger partial charge in [-0.25, -0.2) is 0 Å². The van der Waals surface area contributed by atoms with Crippen LogP contribution < -0.4 is 10.5 Å². The summed E-state index contributed by atoms with van der Waals surface area (Å²) >= 11 is 0. The van der Waals surface area contributed by atoms with Crippen molar-refractivity contribution in [3.05, 3.63) is 29.8 Å². The van der Waals surface area contributed by atoms with Gasteiger partial charge < -0.3 is 15.9 Å². The van der Waals surface area contributed by atoms with Crippen LogP contribution in [0.5, 0.6) is 5.75 Å². The third-order valence-corrected chi connectivity index (χ3v) is 1.37. The molecule has 0 aliphatic heterocycles. The lowest BCUT2D eigenvalue weighted by Gasteiger charge is -2.00. The quantitative estimate of drug-likeness (QED) is 0.668. The highest BCUT2D eigenvalue weighted by Crippen LogP contribution is 2.11. The van der Waals surface area contributed by atoms with E-state index in [0.29, 0.717) is 6.54 Å². The summed E-state index contributed by atoms with van der Waals surface area (Å²) in [4.78, 5) is 0. The number of methoxy groups -OCH3 is 1. The maximum absolute atomic E-state index is 5.42. The van der Waals surface area contributed by atoms with E-state index in [4.69, 9.17) is 10.5 Å². The third-order valence-electron chi connectivity index (χ3n) is 1.37. The molecule has 4 N–H and O–H groups in total. The minimum Gasteiger partial charge on any atom is -0.497 e. The fourth-order valence-electron chi connectivity index (χ4n) is 0.799. The molecule has 0 aromatic heterocycles. The van der Waals surface area contributed by atoms with Crippen LogP contribution in [0.15, 0.2) is 24.3 Å². The molecular weight excluding hydrogens is 142 g/mol. The summed E-state index contributed by atoms with van der Waals surface area (Å²) < 4.78 is 5.00. The Morgan fingerprint density at radius 1 is 1.45 bits per heavy atom. The molecule has 0 saturated carbocycles. The Labute approximate surface area is 66.1 Å². The summed E-state index contributed by atoms with van der Waals surface area (Å²) in [6, 6.07) is 7.74. The zero-order valence-corrected chi connectivity index (χ0v) is 6.50. The second-order valence-electron chi connectivity index (χ2n) is 2.06. The Morgan fingerprint density at radius 2 is 2.18 bits per heavy atom. The molecule has 62 valence electrons. The molecular formula is C8H13NO2. The topological polar surface area (TPSA) is 66.8 Å². The van der Waals surface area contributed by atoms with Crippen molar-refractivity contribution in [3.63, 3.8) is 0 Å². The van der Waals surface area contributed by atoms with Gasteiger partial charge in [0.05, 0.1) is 7.11 Å². The molecule has 0 saturated heterocycles. The summed E-state index contributed by atoms with van der Waals surface area (Å²) in [7, 11) is 1.65. The van der Waals surface area contributed by atoms with Crippen LogP contribution in [0.4, 0.5) is 0 Å². The van der Waals surface area contributed by atoms with Crippen LogP contribution in [0.3, 0.4) is 0 Å². The van der Waals surface area contributed by atoms with Gasteiger partial charge in [0.25, 0.3) is 0 Å². The molecule has 1 rings (SSSR count). The van der Waals surface area contributed by atoms with Gasteiger partial charge in [0, 0.05) is 6.54 Å². The van der Waals surface area contributed by atoms with Crippen LogP contribution >= 0.6 is 0 Å². The Balaban J connectivity index is 0.000001000. The molecule has 1 aromatic carbocycles. The summed E-state index contributed by atoms with van der Waals surface area (Å²) in [5.74, 6) is 0.864. The van der Waals surface area contributed by atoms with Gasteiger partial charge in [-0.05, 0) is 17.7 Å². The summed E-state index contributed by atoms with van der Waals surface area (Å²) in [5, 5.41) is 0. The first-order valence-corrected chi connectivity index (χ1v) is 3.20. The van der Waals surface area contributed by atoms with E-state index in [1.54, 1.807) is 7.11 Å². The minimum atomic E-state index is 0. The van der Waals surface area contributed by atoms with Crippen molar-refractivity contribution in [1.82, 2.24) is 0 Å². The van der Waals surface area contributed by atoms with E-state index in [1.807, 2.05) is 24.3 Å². The lowest BCUT2D eigenvalue weighted by atomic mass is 10.2. The van der Waals surface area contributed by atoms with Gasteiger partial charge >= 0.3 is 0 Å². The summed E-state index contributed by atoms with van der Waals surface area (Å²) in [5.41, 5.74) is 6.51. The lowest BCUT2D eigenvalue weighted by Crippen LogP contribution is -1.95. The van der Waals surface area contributed by atoms with E-state index in [0.717, 1.165) is 11.3 Å². The molecule has 1 aromatic rings. The molecule has 0 unspecified atom stereocenters. The standard InChI is InChI=1S/C8H11NO.H2O/c1-10-8-4-2-3-7(5-8)6-9;/h2-5H,6,9H2,1H3;1H2. The Kier molecular flexibility index (Phi) is 4.26. The highest BCUT2D eigenvalue weighted by atomic mass is 16.5. The van der Waals surface area contributed by atoms with Gasteiger partial charge in [-0.15, -0.1) is 0 Å². The van der Waals surface area contributed by atoms with Gasteiger partial charge in [0.2, 0.25) is 0 Å². The summed E-state index contributed by atoms with van der Waals surface area (Å²) in [6.07, 6.45) is 0. The van der Waals surface area contributed by atoms with Crippen LogP contribution in [-0.2, 0) is 6.54 Å². The van der Waals surface area contributed by atoms with Crippen LogP contribution in [0.1, 0.15) is 5.56 Å². The van der Waals surface area contributed by atoms with Crippen molar-refractivity contribution in [1.29, 1.82) is 0 Å². The number of hydrogen-bond acceptors (Lipinski definition) is 2. The van der Waals surface area contributed by atoms with Crippen molar-refractivity contribution < 1.29 is 10.2 Å². The molecule has 3 nitrogen and oxygen atoms in total. The second kappa shape index (κ2) is 4.71. The molecule has 0 aliphatic rings. The molecule has 0 spiro atoms. The molecule has 0 atom stereocenters. The molecule has 3 heteroatoms. The summed E-state index contributed by atoms with van der Waals surface area (Å²) in [6.45, 7) is 0.567. The first-order chi connectivity index (χ1) is 4.86. The number of benzene rings is 1. The maximum Gasteiger partial charge on any atom is 0.119 e. The van der Waals surface area contributed by atoms with Gasteiger partial charge in [-0.2, -0.15) is 0 Å². The highest BCUT2D eigenvalue weighted by molar-refractivity contribution is 5.27. The number of ether oxygens (including phenoxy) is 1. The van der Waals surface area contributed by atoms with E-state index in [1.165, 1.54) is 0 Å². The molecule has 0 radical (unpaired) electrons.